The molecule has 0 unspecified atom stereocenters. The van der Waals surface area contributed by atoms with E-state index in [0.29, 0.717) is 28.4 Å². The van der Waals surface area contributed by atoms with Crippen molar-refractivity contribution in [3.8, 4) is 0 Å². The van der Waals surface area contributed by atoms with Crippen molar-refractivity contribution in [2.24, 2.45) is 0 Å². The first-order valence-corrected chi connectivity index (χ1v) is 12.7. The van der Waals surface area contributed by atoms with E-state index in [2.05, 4.69) is 30.7 Å². The van der Waals surface area contributed by atoms with Gasteiger partial charge < -0.3 is 29.4 Å². The van der Waals surface area contributed by atoms with Crippen molar-refractivity contribution in [1.29, 1.82) is 0 Å². The molecule has 3 aromatic rings. The van der Waals surface area contributed by atoms with Gasteiger partial charge in [-0.2, -0.15) is 0 Å². The van der Waals surface area contributed by atoms with Crippen LogP contribution < -0.4 is 10.6 Å². The number of piperidine rings is 1. The second-order valence-corrected chi connectivity index (χ2v) is 10.7. The molecule has 3 aromatic heterocycles. The summed E-state index contributed by atoms with van der Waals surface area (Å²) < 4.78 is 25.0. The van der Waals surface area contributed by atoms with E-state index in [0.717, 1.165) is 25.9 Å². The van der Waals surface area contributed by atoms with Crippen molar-refractivity contribution in [2.45, 2.75) is 83.5 Å². The third-order valence-corrected chi connectivity index (χ3v) is 6.68. The zero-order valence-corrected chi connectivity index (χ0v) is 22.1. The molecule has 2 saturated heterocycles. The summed E-state index contributed by atoms with van der Waals surface area (Å²) in [6.45, 7) is 10.4. The molecule has 2 fully saturated rings. The molecule has 4 atom stereocenters. The molecule has 13 heteroatoms. The molecule has 0 aliphatic carbocycles. The van der Waals surface area contributed by atoms with Crippen LogP contribution in [0.1, 0.15) is 71.2 Å². The van der Waals surface area contributed by atoms with E-state index in [1.165, 1.54) is 20.2 Å². The van der Waals surface area contributed by atoms with Crippen molar-refractivity contribution in [1.82, 2.24) is 30.0 Å². The number of imidazole rings is 1. The Morgan fingerprint density at radius 1 is 1.08 bits per heavy atom. The van der Waals surface area contributed by atoms with Gasteiger partial charge in [0.1, 0.15) is 6.33 Å². The van der Waals surface area contributed by atoms with Crippen molar-refractivity contribution in [3.63, 3.8) is 0 Å². The van der Waals surface area contributed by atoms with Crippen molar-refractivity contribution in [2.75, 3.05) is 18.4 Å². The van der Waals surface area contributed by atoms with Crippen LogP contribution in [0.15, 0.2) is 23.2 Å². The highest BCUT2D eigenvalue weighted by molar-refractivity contribution is 5.83. The van der Waals surface area contributed by atoms with Crippen LogP contribution in [-0.2, 0) is 29.2 Å². The van der Waals surface area contributed by atoms with Crippen molar-refractivity contribution >= 4 is 28.9 Å². The molecule has 5 rings (SSSR count). The lowest BCUT2D eigenvalue weighted by atomic mass is 9.92. The summed E-state index contributed by atoms with van der Waals surface area (Å²) in [6, 6.07) is 2.03. The number of anilines is 1. The Morgan fingerprint density at radius 3 is 2.45 bits per heavy atom. The number of carbonyl (C=O) groups is 2. The number of nitrogens with zero attached hydrogens (tertiary/aromatic N) is 5. The normalized spacial score (nSPS) is 24.4. The lowest BCUT2D eigenvalue weighted by Gasteiger charge is -2.24. The Hall–Kier alpha value is -3.58. The van der Waals surface area contributed by atoms with Gasteiger partial charge in [-0.3, -0.25) is 14.2 Å². The summed E-state index contributed by atoms with van der Waals surface area (Å²) >= 11 is 0. The Bertz CT molecular complexity index is 1310. The highest BCUT2D eigenvalue weighted by Gasteiger charge is 2.53. The summed E-state index contributed by atoms with van der Waals surface area (Å²) in [5.41, 5.74) is 1.47. The lowest BCUT2D eigenvalue weighted by Crippen LogP contribution is -2.36. The standard InChI is InChI=1S/C25H33N7O6/c1-13(33)35-20-19(16-10-17(31-38-16)25(3,4)5)37-24(21(20)36-14(2)34)32-12-29-18-22(27-11-28-23(18)32)30-15-6-8-26-9-7-15/h10-12,15,19-21,24,26H,6-9H2,1-5H3,(H,27,28,30)/t19-,20-,21-,24-/m1/s1. The molecule has 5 heterocycles. The van der Waals surface area contributed by atoms with E-state index in [-0.39, 0.29) is 11.5 Å². The Kier molecular flexibility index (Phi) is 7.05. The molecule has 204 valence electrons. The number of ether oxygens (including phenoxy) is 3. The molecule has 0 bridgehead atoms. The average Bonchev–Trinajstić information content (AvgIpc) is 3.58. The molecule has 0 aromatic carbocycles. The fourth-order valence-corrected chi connectivity index (χ4v) is 4.81. The predicted molar refractivity (Wildman–Crippen MR) is 134 cm³/mol. The summed E-state index contributed by atoms with van der Waals surface area (Å²) in [5, 5.41) is 11.0. The Labute approximate surface area is 219 Å². The number of fused-ring (bicyclic) bond motifs is 1. The highest BCUT2D eigenvalue weighted by atomic mass is 16.6. The quantitative estimate of drug-likeness (QED) is 0.452. The summed E-state index contributed by atoms with van der Waals surface area (Å²) in [5.74, 6) is -0.140. The molecule has 0 radical (unpaired) electrons. The first kappa shape index (κ1) is 26.0. The number of esters is 2. The predicted octanol–water partition coefficient (Wildman–Crippen LogP) is 2.41. The van der Waals surface area contributed by atoms with Crippen LogP contribution in [-0.4, -0.2) is 68.0 Å². The van der Waals surface area contributed by atoms with E-state index in [1.54, 1.807) is 17.0 Å². The van der Waals surface area contributed by atoms with Gasteiger partial charge in [-0.15, -0.1) is 0 Å². The van der Waals surface area contributed by atoms with E-state index >= 15 is 0 Å². The van der Waals surface area contributed by atoms with Crippen molar-refractivity contribution in [3.05, 3.63) is 30.2 Å². The van der Waals surface area contributed by atoms with Crippen LogP contribution in [0.3, 0.4) is 0 Å². The third kappa shape index (κ3) is 5.20. The molecule has 2 aliphatic rings. The second kappa shape index (κ2) is 10.3. The molecule has 0 saturated carbocycles. The molecule has 0 spiro atoms. The fraction of sp³-hybridized carbons (Fsp3) is 0.600. The SMILES string of the molecule is CC(=O)O[C@@H]1[C@H](OC(C)=O)[C@@H](c2cc(C(C)(C)C)no2)O[C@H]1n1cnc2c(NC3CCNCC3)ncnc21. The minimum Gasteiger partial charge on any atom is -0.455 e. The largest absolute Gasteiger partial charge is 0.455 e. The number of aromatic nitrogens is 5. The lowest BCUT2D eigenvalue weighted by molar-refractivity contribution is -0.165. The average molecular weight is 528 g/mol. The smallest absolute Gasteiger partial charge is 0.303 e. The number of rotatable bonds is 6. The van der Waals surface area contributed by atoms with E-state index in [4.69, 9.17) is 18.7 Å². The Balaban J connectivity index is 1.52. The van der Waals surface area contributed by atoms with Gasteiger partial charge in [0.15, 0.2) is 47.3 Å². The van der Waals surface area contributed by atoms with Gasteiger partial charge in [0.2, 0.25) is 0 Å². The Morgan fingerprint density at radius 2 is 1.79 bits per heavy atom. The minimum atomic E-state index is -1.00. The van der Waals surface area contributed by atoms with Gasteiger partial charge in [-0.25, -0.2) is 15.0 Å². The first-order chi connectivity index (χ1) is 18.1. The number of hydrogen-bond acceptors (Lipinski definition) is 12. The van der Waals surface area contributed by atoms with Crippen LogP contribution in [0, 0.1) is 0 Å². The molecular weight excluding hydrogens is 494 g/mol. The van der Waals surface area contributed by atoms with Gasteiger partial charge >= 0.3 is 11.9 Å². The highest BCUT2D eigenvalue weighted by Crippen LogP contribution is 2.44. The number of hydrogen-bond donors (Lipinski definition) is 2. The maximum absolute atomic E-state index is 12.1. The summed E-state index contributed by atoms with van der Waals surface area (Å²) in [4.78, 5) is 37.7. The monoisotopic (exact) mass is 527 g/mol. The molecule has 38 heavy (non-hydrogen) atoms. The van der Waals surface area contributed by atoms with E-state index in [9.17, 15) is 9.59 Å². The van der Waals surface area contributed by atoms with Gasteiger partial charge in [0.25, 0.3) is 0 Å². The maximum Gasteiger partial charge on any atom is 0.303 e. The zero-order valence-electron chi connectivity index (χ0n) is 22.1. The molecule has 2 N–H and O–H groups in total. The van der Waals surface area contributed by atoms with Crippen LogP contribution in [0.5, 0.6) is 0 Å². The summed E-state index contributed by atoms with van der Waals surface area (Å²) in [6.07, 6.45) is 1.14. The molecule has 0 amide bonds. The topological polar surface area (TPSA) is 156 Å². The van der Waals surface area contributed by atoms with Crippen LogP contribution in [0.2, 0.25) is 0 Å². The third-order valence-electron chi connectivity index (χ3n) is 6.68. The zero-order chi connectivity index (χ0) is 27.0. The van der Waals surface area contributed by atoms with Gasteiger partial charge in [0, 0.05) is 31.4 Å². The summed E-state index contributed by atoms with van der Waals surface area (Å²) in [7, 11) is 0. The van der Waals surface area contributed by atoms with Crippen LogP contribution in [0.4, 0.5) is 5.82 Å². The van der Waals surface area contributed by atoms with Crippen molar-refractivity contribution < 1.29 is 28.3 Å². The van der Waals surface area contributed by atoms with Gasteiger partial charge in [0.05, 0.1) is 12.0 Å². The van der Waals surface area contributed by atoms with E-state index in [1.807, 2.05) is 20.8 Å². The minimum absolute atomic E-state index is 0.261. The van der Waals surface area contributed by atoms with Gasteiger partial charge in [-0.1, -0.05) is 25.9 Å². The van der Waals surface area contributed by atoms with E-state index < -0.39 is 36.5 Å². The second-order valence-electron chi connectivity index (χ2n) is 10.7. The molecular formula is C25H33N7O6. The maximum atomic E-state index is 12.1. The van der Waals surface area contributed by atoms with Gasteiger partial charge in [-0.05, 0) is 25.9 Å². The molecule has 13 nitrogen and oxygen atoms in total. The molecule has 2 aliphatic heterocycles. The fourth-order valence-electron chi connectivity index (χ4n) is 4.81. The van der Waals surface area contributed by atoms with Crippen LogP contribution in [0.25, 0.3) is 11.2 Å². The number of nitrogens with one attached hydrogen (secondary N) is 2. The first-order valence-electron chi connectivity index (χ1n) is 12.7. The van der Waals surface area contributed by atoms with Crippen LogP contribution >= 0.6 is 0 Å². The number of carbonyl (C=O) groups excluding carboxylic acids is 2.